The molecule has 2 saturated carbocycles. The summed E-state index contributed by atoms with van der Waals surface area (Å²) in [4.78, 5) is 6.96. The second-order valence-corrected chi connectivity index (χ2v) is 11.6. The first kappa shape index (κ1) is 22.0. The van der Waals surface area contributed by atoms with Crippen molar-refractivity contribution in [2.45, 2.75) is 50.4 Å². The quantitative estimate of drug-likeness (QED) is 0.270. The van der Waals surface area contributed by atoms with Crippen LogP contribution >= 0.6 is 34.5 Å². The number of benzene rings is 2. The first-order chi connectivity index (χ1) is 17.1. The molecular weight excluding hydrogens is 506 g/mol. The molecule has 9 heteroatoms. The van der Waals surface area contributed by atoms with E-state index in [2.05, 4.69) is 15.0 Å². The molecule has 4 aromatic rings. The first-order valence-electron chi connectivity index (χ1n) is 12.0. The molecule has 0 unspecified atom stereocenters. The fraction of sp³-hybridized carbons (Fsp3) is 0.385. The highest BCUT2D eigenvalue weighted by molar-refractivity contribution is 7.22. The van der Waals surface area contributed by atoms with Crippen LogP contribution in [-0.4, -0.2) is 33.5 Å². The largest absolute Gasteiger partial charge is 0.371 e. The third kappa shape index (κ3) is 3.75. The van der Waals surface area contributed by atoms with Gasteiger partial charge in [-0.2, -0.15) is 5.10 Å². The number of para-hydroxylation sites is 2. The van der Waals surface area contributed by atoms with Gasteiger partial charge in [-0.1, -0.05) is 46.7 Å². The Labute approximate surface area is 216 Å². The lowest BCUT2D eigenvalue weighted by Gasteiger charge is -2.31. The molecule has 3 fully saturated rings. The Morgan fingerprint density at radius 1 is 1.09 bits per heavy atom. The number of hydrogen-bond donors (Lipinski definition) is 0. The molecule has 2 aromatic heterocycles. The van der Waals surface area contributed by atoms with E-state index in [4.69, 9.17) is 27.9 Å². The number of ether oxygens (including phenoxy) is 1. The monoisotopic (exact) mass is 528 g/mol. The number of anilines is 1. The fourth-order valence-corrected chi connectivity index (χ4v) is 7.33. The molecule has 7 rings (SSSR count). The van der Waals surface area contributed by atoms with E-state index in [1.54, 1.807) is 17.4 Å². The average molecular weight is 529 g/mol. The van der Waals surface area contributed by atoms with Crippen molar-refractivity contribution in [2.75, 3.05) is 11.4 Å². The third-order valence-electron chi connectivity index (χ3n) is 7.58. The van der Waals surface area contributed by atoms with Crippen LogP contribution in [0.4, 0.5) is 9.52 Å². The molecule has 1 aliphatic heterocycles. The van der Waals surface area contributed by atoms with E-state index in [0.717, 1.165) is 34.9 Å². The lowest BCUT2D eigenvalue weighted by molar-refractivity contribution is 0.00993. The summed E-state index contributed by atoms with van der Waals surface area (Å²) >= 11 is 14.6. The minimum absolute atomic E-state index is 0.180. The van der Waals surface area contributed by atoms with Crippen molar-refractivity contribution < 1.29 is 9.13 Å². The van der Waals surface area contributed by atoms with Crippen LogP contribution in [0.15, 0.2) is 42.6 Å². The van der Waals surface area contributed by atoms with Gasteiger partial charge in [-0.05, 0) is 61.4 Å². The second-order valence-electron chi connectivity index (χ2n) is 9.77. The Morgan fingerprint density at radius 3 is 2.60 bits per heavy atom. The minimum Gasteiger partial charge on any atom is -0.371 e. The van der Waals surface area contributed by atoms with Gasteiger partial charge in [0, 0.05) is 18.5 Å². The first-order valence-corrected chi connectivity index (χ1v) is 13.6. The molecule has 3 heterocycles. The van der Waals surface area contributed by atoms with E-state index >= 15 is 0 Å². The Hall–Kier alpha value is -2.19. The lowest BCUT2D eigenvalue weighted by atomic mass is 10.1. The van der Waals surface area contributed by atoms with Crippen molar-refractivity contribution in [3.8, 4) is 5.69 Å². The van der Waals surface area contributed by atoms with Crippen LogP contribution in [0, 0.1) is 11.7 Å². The Kier molecular flexibility index (Phi) is 5.32. The zero-order valence-corrected chi connectivity index (χ0v) is 21.2. The van der Waals surface area contributed by atoms with Crippen LogP contribution in [0.25, 0.3) is 15.9 Å². The maximum absolute atomic E-state index is 14.2. The summed E-state index contributed by atoms with van der Waals surface area (Å²) in [6.45, 7) is 1.37. The standard InChI is InChI=1S/C26H23Cl2FN4OS/c27-18-3-1-4-19(28)25(18)33-21(17(11-30-33)14-7-8-14)13-34-22-10-16-9-15(22)12-32(16)26-31-24-20(29)5-2-6-23(24)35-26/h1-6,11,14-16,22H,7-10,12-13H2/t15-,16-,22+/m0/s1. The van der Waals surface area contributed by atoms with Gasteiger partial charge in [0.2, 0.25) is 0 Å². The molecular formula is C26H23Cl2FN4OS. The van der Waals surface area contributed by atoms with Gasteiger partial charge >= 0.3 is 0 Å². The summed E-state index contributed by atoms with van der Waals surface area (Å²) in [6.07, 6.45) is 6.52. The van der Waals surface area contributed by atoms with Gasteiger partial charge in [-0.15, -0.1) is 0 Å². The topological polar surface area (TPSA) is 43.2 Å². The molecule has 1 saturated heterocycles. The Morgan fingerprint density at radius 2 is 1.89 bits per heavy atom. The van der Waals surface area contributed by atoms with E-state index in [1.807, 2.05) is 35.1 Å². The summed E-state index contributed by atoms with van der Waals surface area (Å²) in [5.41, 5.74) is 3.47. The zero-order chi connectivity index (χ0) is 23.7. The van der Waals surface area contributed by atoms with E-state index in [-0.39, 0.29) is 11.9 Å². The minimum atomic E-state index is -0.253. The number of halogens is 3. The average Bonchev–Trinajstić information content (AvgIpc) is 3.18. The lowest BCUT2D eigenvalue weighted by Crippen LogP contribution is -2.38. The van der Waals surface area contributed by atoms with Crippen molar-refractivity contribution in [2.24, 2.45) is 5.92 Å². The smallest absolute Gasteiger partial charge is 0.186 e. The van der Waals surface area contributed by atoms with E-state index in [1.165, 1.54) is 24.5 Å². The molecule has 2 bridgehead atoms. The molecule has 0 radical (unpaired) electrons. The molecule has 3 atom stereocenters. The molecule has 35 heavy (non-hydrogen) atoms. The van der Waals surface area contributed by atoms with Crippen LogP contribution in [-0.2, 0) is 11.3 Å². The van der Waals surface area contributed by atoms with Gasteiger partial charge in [0.15, 0.2) is 5.13 Å². The number of piperidine rings is 1. The number of fused-ring (bicyclic) bond motifs is 3. The molecule has 2 aliphatic carbocycles. The Balaban J connectivity index is 1.10. The normalized spacial score (nSPS) is 23.6. The molecule has 180 valence electrons. The van der Waals surface area contributed by atoms with Crippen molar-refractivity contribution >= 4 is 49.9 Å². The SMILES string of the molecule is Fc1cccc2sc(N3C[C@@H]4C[C@H]3C[C@H]4OCc3c(C4CC4)cnn3-c3c(Cl)cccc3Cl)nc12. The van der Waals surface area contributed by atoms with Crippen LogP contribution in [0.1, 0.15) is 42.9 Å². The predicted octanol–water partition coefficient (Wildman–Crippen LogP) is 6.99. The molecule has 3 aliphatic rings. The van der Waals surface area contributed by atoms with Crippen molar-refractivity contribution in [3.05, 3.63) is 69.7 Å². The van der Waals surface area contributed by atoms with Gasteiger partial charge < -0.3 is 9.64 Å². The highest BCUT2D eigenvalue weighted by Gasteiger charge is 2.46. The zero-order valence-electron chi connectivity index (χ0n) is 18.8. The molecule has 0 amide bonds. The number of rotatable bonds is 6. The molecule has 0 N–H and O–H groups in total. The van der Waals surface area contributed by atoms with E-state index in [0.29, 0.717) is 45.7 Å². The maximum Gasteiger partial charge on any atom is 0.186 e. The van der Waals surface area contributed by atoms with Crippen LogP contribution < -0.4 is 4.90 Å². The van der Waals surface area contributed by atoms with Gasteiger partial charge in [-0.3, -0.25) is 0 Å². The summed E-state index contributed by atoms with van der Waals surface area (Å²) in [6, 6.07) is 11.1. The second kappa shape index (κ2) is 8.44. The predicted molar refractivity (Wildman–Crippen MR) is 138 cm³/mol. The number of hydrogen-bond acceptors (Lipinski definition) is 5. The van der Waals surface area contributed by atoms with Gasteiger partial charge in [0.1, 0.15) is 17.0 Å². The van der Waals surface area contributed by atoms with Crippen LogP contribution in [0.5, 0.6) is 0 Å². The number of thiazole rings is 1. The molecule has 5 nitrogen and oxygen atoms in total. The summed E-state index contributed by atoms with van der Waals surface area (Å²) in [7, 11) is 0. The van der Waals surface area contributed by atoms with Gasteiger partial charge in [0.05, 0.1) is 39.3 Å². The highest BCUT2D eigenvalue weighted by atomic mass is 35.5. The van der Waals surface area contributed by atoms with Crippen LogP contribution in [0.3, 0.4) is 0 Å². The van der Waals surface area contributed by atoms with E-state index in [9.17, 15) is 4.39 Å². The summed E-state index contributed by atoms with van der Waals surface area (Å²) in [5, 5.41) is 6.73. The molecule has 0 spiro atoms. The molecule has 2 aromatic carbocycles. The fourth-order valence-electron chi connectivity index (χ4n) is 5.71. The maximum atomic E-state index is 14.2. The van der Waals surface area contributed by atoms with Crippen molar-refractivity contribution in [1.29, 1.82) is 0 Å². The number of nitrogens with zero attached hydrogens (tertiary/aromatic N) is 4. The van der Waals surface area contributed by atoms with Crippen molar-refractivity contribution in [3.63, 3.8) is 0 Å². The van der Waals surface area contributed by atoms with Crippen molar-refractivity contribution in [1.82, 2.24) is 14.8 Å². The van der Waals surface area contributed by atoms with Gasteiger partial charge in [-0.25, -0.2) is 14.1 Å². The number of aromatic nitrogens is 3. The van der Waals surface area contributed by atoms with Crippen LogP contribution in [0.2, 0.25) is 10.0 Å². The highest BCUT2D eigenvalue weighted by Crippen LogP contribution is 2.46. The summed E-state index contributed by atoms with van der Waals surface area (Å²) in [5.74, 6) is 0.720. The van der Waals surface area contributed by atoms with E-state index < -0.39 is 0 Å². The van der Waals surface area contributed by atoms with Gasteiger partial charge in [0.25, 0.3) is 0 Å². The third-order valence-corrected chi connectivity index (χ3v) is 9.25. The Bertz CT molecular complexity index is 1410. The summed E-state index contributed by atoms with van der Waals surface area (Å²) < 4.78 is 23.5.